The van der Waals surface area contributed by atoms with Crippen molar-refractivity contribution in [3.05, 3.63) is 58.7 Å². The van der Waals surface area contributed by atoms with Crippen molar-refractivity contribution in [2.24, 2.45) is 0 Å². The summed E-state index contributed by atoms with van der Waals surface area (Å²) in [6.45, 7) is 14.4. The number of hydrogen-bond acceptors (Lipinski definition) is 0. The van der Waals surface area contributed by atoms with E-state index in [-0.39, 0.29) is 16.2 Å². The molecule has 0 aromatic heterocycles. The minimum atomic E-state index is 0.118. The van der Waals surface area contributed by atoms with Gasteiger partial charge in [0, 0.05) is 5.41 Å². The lowest BCUT2D eigenvalue weighted by Gasteiger charge is -2.48. The second-order valence-corrected chi connectivity index (χ2v) is 8.33. The fourth-order valence-corrected chi connectivity index (χ4v) is 4.55. The molecule has 0 saturated heterocycles. The molecule has 0 unspecified atom stereocenters. The van der Waals surface area contributed by atoms with Crippen LogP contribution in [0.4, 0.5) is 0 Å². The van der Waals surface area contributed by atoms with Gasteiger partial charge in [0.25, 0.3) is 0 Å². The molecule has 0 nitrogen and oxygen atoms in total. The largest absolute Gasteiger partial charge is 0.0616 e. The zero-order chi connectivity index (χ0) is 15.2. The average molecular weight is 276 g/mol. The molecule has 0 N–H and O–H groups in total. The molecule has 0 fully saturated rings. The number of hydrogen-bond donors (Lipinski definition) is 0. The molecule has 0 bridgehead atoms. The molecule has 0 amide bonds. The predicted molar refractivity (Wildman–Crippen MR) is 90.1 cm³/mol. The van der Waals surface area contributed by atoms with E-state index in [4.69, 9.17) is 0 Å². The van der Waals surface area contributed by atoms with Crippen LogP contribution in [0.15, 0.2) is 36.4 Å². The fraction of sp³-hybridized carbons (Fsp3) is 0.429. The van der Waals surface area contributed by atoms with Crippen LogP contribution in [0, 0.1) is 0 Å². The van der Waals surface area contributed by atoms with Crippen molar-refractivity contribution in [2.45, 2.75) is 57.8 Å². The van der Waals surface area contributed by atoms with Gasteiger partial charge >= 0.3 is 0 Å². The van der Waals surface area contributed by atoms with E-state index < -0.39 is 0 Å². The Hall–Kier alpha value is -1.56. The maximum atomic E-state index is 2.41. The van der Waals surface area contributed by atoms with Gasteiger partial charge in [0.15, 0.2) is 0 Å². The standard InChI is InChI=1S/C21H24/c1-19(2)13-9-7-11-15-17(13)18-14(19)10-8-12-16(18)21(5,6)20(15,3)4/h7-12H,1-6H3. The Bertz CT molecular complexity index is 707. The highest BCUT2D eigenvalue weighted by atomic mass is 14.5. The zero-order valence-corrected chi connectivity index (χ0v) is 14.0. The van der Waals surface area contributed by atoms with Crippen LogP contribution in [0.2, 0.25) is 0 Å². The summed E-state index contributed by atoms with van der Waals surface area (Å²) in [5.41, 5.74) is 9.51. The Balaban J connectivity index is 2.27. The molecule has 2 aliphatic carbocycles. The summed E-state index contributed by atoms with van der Waals surface area (Å²) < 4.78 is 0. The van der Waals surface area contributed by atoms with Gasteiger partial charge < -0.3 is 0 Å². The summed E-state index contributed by atoms with van der Waals surface area (Å²) in [7, 11) is 0. The van der Waals surface area contributed by atoms with Crippen molar-refractivity contribution in [1.82, 2.24) is 0 Å². The highest BCUT2D eigenvalue weighted by molar-refractivity contribution is 5.89. The summed E-state index contributed by atoms with van der Waals surface area (Å²) in [6.07, 6.45) is 0. The fourth-order valence-electron chi connectivity index (χ4n) is 4.55. The normalized spacial score (nSPS) is 22.0. The maximum Gasteiger partial charge on any atom is 0.0159 e. The molecule has 2 aromatic carbocycles. The van der Waals surface area contributed by atoms with E-state index >= 15 is 0 Å². The summed E-state index contributed by atoms with van der Waals surface area (Å²) in [4.78, 5) is 0. The first-order valence-corrected chi connectivity index (χ1v) is 7.99. The van der Waals surface area contributed by atoms with Gasteiger partial charge in [-0.05, 0) is 44.2 Å². The summed E-state index contributed by atoms with van der Waals surface area (Å²) in [5.74, 6) is 0. The first-order chi connectivity index (χ1) is 9.70. The highest BCUT2D eigenvalue weighted by Crippen LogP contribution is 2.61. The number of rotatable bonds is 0. The van der Waals surface area contributed by atoms with Crippen LogP contribution in [-0.4, -0.2) is 0 Å². The lowest BCUT2D eigenvalue weighted by Crippen LogP contribution is -2.43. The SMILES string of the molecule is CC1(C)c2cccc3c2-c2c1cccc2C(C)(C)C3(C)C. The smallest absolute Gasteiger partial charge is 0.0159 e. The Morgan fingerprint density at radius 3 is 1.24 bits per heavy atom. The Morgan fingerprint density at radius 2 is 0.857 bits per heavy atom. The molecule has 4 rings (SSSR count). The van der Waals surface area contributed by atoms with Crippen LogP contribution in [0.1, 0.15) is 63.8 Å². The third-order valence-corrected chi connectivity index (χ3v) is 6.63. The molecule has 108 valence electrons. The molecule has 2 aliphatic rings. The number of benzene rings is 2. The van der Waals surface area contributed by atoms with Gasteiger partial charge in [0.05, 0.1) is 0 Å². The van der Waals surface area contributed by atoms with Crippen molar-refractivity contribution in [1.29, 1.82) is 0 Å². The monoisotopic (exact) mass is 276 g/mol. The molecule has 0 heterocycles. The predicted octanol–water partition coefficient (Wildman–Crippen LogP) is 5.56. The van der Waals surface area contributed by atoms with Crippen molar-refractivity contribution in [2.75, 3.05) is 0 Å². The van der Waals surface area contributed by atoms with Gasteiger partial charge in [0.1, 0.15) is 0 Å². The topological polar surface area (TPSA) is 0 Å². The first kappa shape index (κ1) is 13.1. The van der Waals surface area contributed by atoms with Crippen molar-refractivity contribution >= 4 is 0 Å². The average Bonchev–Trinajstić information content (AvgIpc) is 2.66. The third kappa shape index (κ3) is 1.24. The molecule has 2 aromatic rings. The van der Waals surface area contributed by atoms with E-state index in [1.54, 1.807) is 0 Å². The molecular formula is C21H24. The minimum Gasteiger partial charge on any atom is -0.0616 e. The molecular weight excluding hydrogens is 252 g/mol. The minimum absolute atomic E-state index is 0.118. The third-order valence-electron chi connectivity index (χ3n) is 6.63. The van der Waals surface area contributed by atoms with Gasteiger partial charge in [-0.3, -0.25) is 0 Å². The second-order valence-electron chi connectivity index (χ2n) is 8.33. The van der Waals surface area contributed by atoms with Crippen molar-refractivity contribution in [3.8, 4) is 11.1 Å². The van der Waals surface area contributed by atoms with Gasteiger partial charge in [-0.2, -0.15) is 0 Å². The summed E-state index contributed by atoms with van der Waals surface area (Å²) >= 11 is 0. The van der Waals surface area contributed by atoms with Crippen molar-refractivity contribution in [3.63, 3.8) is 0 Å². The summed E-state index contributed by atoms with van der Waals surface area (Å²) in [6, 6.07) is 13.9. The lowest BCUT2D eigenvalue weighted by atomic mass is 9.55. The molecule has 0 radical (unpaired) electrons. The Labute approximate surface area is 128 Å². The summed E-state index contributed by atoms with van der Waals surface area (Å²) in [5, 5.41) is 0. The van der Waals surface area contributed by atoms with Gasteiger partial charge in [-0.1, -0.05) is 77.9 Å². The Kier molecular flexibility index (Phi) is 2.14. The second kappa shape index (κ2) is 3.43. The van der Waals surface area contributed by atoms with E-state index in [9.17, 15) is 0 Å². The van der Waals surface area contributed by atoms with Crippen LogP contribution >= 0.6 is 0 Å². The van der Waals surface area contributed by atoms with E-state index in [1.807, 2.05) is 0 Å². The van der Waals surface area contributed by atoms with E-state index in [2.05, 4.69) is 77.9 Å². The maximum absolute atomic E-state index is 2.41. The Morgan fingerprint density at radius 1 is 0.524 bits per heavy atom. The van der Waals surface area contributed by atoms with Crippen LogP contribution in [-0.2, 0) is 16.2 Å². The van der Waals surface area contributed by atoms with Gasteiger partial charge in [0.2, 0.25) is 0 Å². The molecule has 0 saturated carbocycles. The van der Waals surface area contributed by atoms with Crippen molar-refractivity contribution < 1.29 is 0 Å². The molecule has 21 heavy (non-hydrogen) atoms. The van der Waals surface area contributed by atoms with Crippen LogP contribution in [0.3, 0.4) is 0 Å². The molecule has 0 spiro atoms. The first-order valence-electron chi connectivity index (χ1n) is 7.99. The van der Waals surface area contributed by atoms with Gasteiger partial charge in [-0.25, -0.2) is 0 Å². The molecule has 0 aliphatic heterocycles. The van der Waals surface area contributed by atoms with Crippen LogP contribution in [0.5, 0.6) is 0 Å². The zero-order valence-electron chi connectivity index (χ0n) is 14.0. The molecule has 0 heteroatoms. The molecule has 0 atom stereocenters. The van der Waals surface area contributed by atoms with Gasteiger partial charge in [-0.15, -0.1) is 0 Å². The van der Waals surface area contributed by atoms with E-state index in [1.165, 1.54) is 33.4 Å². The lowest BCUT2D eigenvalue weighted by molar-refractivity contribution is 0.299. The van der Waals surface area contributed by atoms with E-state index in [0.29, 0.717) is 0 Å². The van der Waals surface area contributed by atoms with Crippen LogP contribution < -0.4 is 0 Å². The van der Waals surface area contributed by atoms with Crippen LogP contribution in [0.25, 0.3) is 11.1 Å². The van der Waals surface area contributed by atoms with E-state index in [0.717, 1.165) is 0 Å². The quantitative estimate of drug-likeness (QED) is 0.591. The highest BCUT2D eigenvalue weighted by Gasteiger charge is 2.51.